The summed E-state index contributed by atoms with van der Waals surface area (Å²) in [5, 5.41) is 8.68. The van der Waals surface area contributed by atoms with Crippen LogP contribution in [0.3, 0.4) is 0 Å². The fourth-order valence-corrected chi connectivity index (χ4v) is 3.41. The van der Waals surface area contributed by atoms with E-state index in [0.717, 1.165) is 5.56 Å². The molecule has 7 heteroatoms. The Morgan fingerprint density at radius 2 is 1.92 bits per heavy atom. The fraction of sp³-hybridized carbons (Fsp3) is 0.235. The SMILES string of the molecule is CN(C)C(=O)C(Sc1nnc(-c2ccco2)n1C)c1ccccc1. The van der Waals surface area contributed by atoms with Crippen molar-refractivity contribution in [1.29, 1.82) is 0 Å². The maximum Gasteiger partial charge on any atom is 0.240 e. The molecular formula is C17H18N4O2S. The van der Waals surface area contributed by atoms with E-state index >= 15 is 0 Å². The lowest BCUT2D eigenvalue weighted by Gasteiger charge is -2.20. The summed E-state index contributed by atoms with van der Waals surface area (Å²) in [6.45, 7) is 0. The minimum atomic E-state index is -0.381. The average molecular weight is 342 g/mol. The van der Waals surface area contributed by atoms with Crippen LogP contribution in [0.2, 0.25) is 0 Å². The van der Waals surface area contributed by atoms with Crippen molar-refractivity contribution in [2.75, 3.05) is 14.1 Å². The first-order valence-corrected chi connectivity index (χ1v) is 8.32. The van der Waals surface area contributed by atoms with E-state index in [4.69, 9.17) is 4.42 Å². The van der Waals surface area contributed by atoms with Crippen molar-refractivity contribution in [3.63, 3.8) is 0 Å². The minimum Gasteiger partial charge on any atom is -0.461 e. The Balaban J connectivity index is 1.93. The van der Waals surface area contributed by atoms with Crippen molar-refractivity contribution in [3.05, 3.63) is 54.3 Å². The number of hydrogen-bond acceptors (Lipinski definition) is 5. The van der Waals surface area contributed by atoms with Gasteiger partial charge in [0, 0.05) is 21.1 Å². The van der Waals surface area contributed by atoms with Crippen LogP contribution in [0.4, 0.5) is 0 Å². The smallest absolute Gasteiger partial charge is 0.240 e. The predicted octanol–water partition coefficient (Wildman–Crippen LogP) is 3.00. The Morgan fingerprint density at radius 1 is 1.17 bits per heavy atom. The number of carbonyl (C=O) groups excluding carboxylic acids is 1. The number of amides is 1. The third-order valence-electron chi connectivity index (χ3n) is 3.57. The number of aromatic nitrogens is 3. The summed E-state index contributed by atoms with van der Waals surface area (Å²) in [5.41, 5.74) is 0.934. The Hall–Kier alpha value is -2.54. The van der Waals surface area contributed by atoms with E-state index in [9.17, 15) is 4.79 Å². The summed E-state index contributed by atoms with van der Waals surface area (Å²) >= 11 is 1.38. The first-order chi connectivity index (χ1) is 11.6. The van der Waals surface area contributed by atoms with Gasteiger partial charge in [-0.05, 0) is 17.7 Å². The lowest BCUT2D eigenvalue weighted by atomic mass is 10.1. The van der Waals surface area contributed by atoms with Crippen molar-refractivity contribution in [2.45, 2.75) is 10.4 Å². The lowest BCUT2D eigenvalue weighted by Crippen LogP contribution is -2.26. The lowest BCUT2D eigenvalue weighted by molar-refractivity contribution is -0.128. The number of rotatable bonds is 5. The van der Waals surface area contributed by atoms with E-state index < -0.39 is 0 Å². The molecule has 2 aromatic heterocycles. The molecule has 0 fully saturated rings. The Morgan fingerprint density at radius 3 is 2.54 bits per heavy atom. The van der Waals surface area contributed by atoms with Gasteiger partial charge in [0.1, 0.15) is 5.25 Å². The molecule has 0 aliphatic heterocycles. The molecule has 24 heavy (non-hydrogen) atoms. The topological polar surface area (TPSA) is 64.2 Å². The van der Waals surface area contributed by atoms with Crippen LogP contribution >= 0.6 is 11.8 Å². The summed E-state index contributed by atoms with van der Waals surface area (Å²) in [4.78, 5) is 14.2. The van der Waals surface area contributed by atoms with Gasteiger partial charge < -0.3 is 13.9 Å². The zero-order valence-electron chi connectivity index (χ0n) is 13.7. The van der Waals surface area contributed by atoms with E-state index in [1.807, 2.05) is 48.0 Å². The van der Waals surface area contributed by atoms with Crippen LogP contribution in [0.15, 0.2) is 58.3 Å². The van der Waals surface area contributed by atoms with Crippen LogP contribution in [-0.4, -0.2) is 39.7 Å². The van der Waals surface area contributed by atoms with Gasteiger partial charge >= 0.3 is 0 Å². The molecule has 124 valence electrons. The summed E-state index contributed by atoms with van der Waals surface area (Å²) in [5.74, 6) is 1.28. The number of thioether (sulfide) groups is 1. The van der Waals surface area contributed by atoms with Crippen molar-refractivity contribution < 1.29 is 9.21 Å². The molecule has 3 rings (SSSR count). The van der Waals surface area contributed by atoms with Gasteiger partial charge in [0.2, 0.25) is 5.91 Å². The van der Waals surface area contributed by atoms with Crippen LogP contribution in [0.1, 0.15) is 10.8 Å². The highest BCUT2D eigenvalue weighted by Gasteiger charge is 2.26. The molecule has 0 saturated carbocycles. The molecule has 3 aromatic rings. The molecule has 0 radical (unpaired) electrons. The zero-order chi connectivity index (χ0) is 17.1. The Bertz CT molecular complexity index is 813. The van der Waals surface area contributed by atoms with Crippen molar-refractivity contribution in [2.24, 2.45) is 7.05 Å². The molecule has 1 aromatic carbocycles. The van der Waals surface area contributed by atoms with Gasteiger partial charge in [0.05, 0.1) is 6.26 Å². The molecular weight excluding hydrogens is 324 g/mol. The molecule has 0 saturated heterocycles. The van der Waals surface area contributed by atoms with Gasteiger partial charge in [-0.1, -0.05) is 42.1 Å². The number of hydrogen-bond donors (Lipinski definition) is 0. The molecule has 0 N–H and O–H groups in total. The highest BCUT2D eigenvalue weighted by molar-refractivity contribution is 8.00. The second kappa shape index (κ2) is 6.92. The van der Waals surface area contributed by atoms with E-state index in [1.54, 1.807) is 31.3 Å². The van der Waals surface area contributed by atoms with Crippen LogP contribution in [0, 0.1) is 0 Å². The van der Waals surface area contributed by atoms with Gasteiger partial charge in [-0.2, -0.15) is 0 Å². The highest BCUT2D eigenvalue weighted by atomic mass is 32.2. The van der Waals surface area contributed by atoms with Crippen LogP contribution in [0.25, 0.3) is 11.6 Å². The molecule has 1 amide bonds. The number of likely N-dealkylation sites (N-methyl/N-ethyl adjacent to an activating group) is 1. The largest absolute Gasteiger partial charge is 0.461 e. The minimum absolute atomic E-state index is 0.00810. The number of benzene rings is 1. The number of carbonyl (C=O) groups is 1. The Labute approximate surface area is 144 Å². The predicted molar refractivity (Wildman–Crippen MR) is 92.4 cm³/mol. The van der Waals surface area contributed by atoms with Crippen LogP contribution < -0.4 is 0 Å². The average Bonchev–Trinajstić information content (AvgIpc) is 3.23. The molecule has 0 aliphatic carbocycles. The molecule has 0 spiro atoms. The summed E-state index contributed by atoms with van der Waals surface area (Å²) in [6.07, 6.45) is 1.60. The fourth-order valence-electron chi connectivity index (χ4n) is 2.27. The molecule has 1 unspecified atom stereocenters. The van der Waals surface area contributed by atoms with Crippen LogP contribution in [-0.2, 0) is 11.8 Å². The van der Waals surface area contributed by atoms with Crippen molar-refractivity contribution >= 4 is 17.7 Å². The van der Waals surface area contributed by atoms with Gasteiger partial charge in [-0.25, -0.2) is 0 Å². The molecule has 1 atom stereocenters. The zero-order valence-corrected chi connectivity index (χ0v) is 14.5. The third-order valence-corrected chi connectivity index (χ3v) is 4.84. The Kier molecular flexibility index (Phi) is 4.71. The van der Waals surface area contributed by atoms with Gasteiger partial charge in [-0.15, -0.1) is 10.2 Å². The molecule has 2 heterocycles. The standard InChI is InChI=1S/C17H18N4O2S/c1-20(2)16(22)14(12-8-5-4-6-9-12)24-17-19-18-15(21(17)3)13-10-7-11-23-13/h4-11,14H,1-3H3. The maximum atomic E-state index is 12.6. The monoisotopic (exact) mass is 342 g/mol. The highest BCUT2D eigenvalue weighted by Crippen LogP contribution is 2.36. The summed E-state index contributed by atoms with van der Waals surface area (Å²) < 4.78 is 7.22. The van der Waals surface area contributed by atoms with E-state index in [-0.39, 0.29) is 11.2 Å². The first-order valence-electron chi connectivity index (χ1n) is 7.44. The summed E-state index contributed by atoms with van der Waals surface area (Å²) in [7, 11) is 5.37. The molecule has 6 nitrogen and oxygen atoms in total. The van der Waals surface area contributed by atoms with Gasteiger partial charge in [-0.3, -0.25) is 4.79 Å². The molecule has 0 bridgehead atoms. The van der Waals surface area contributed by atoms with Crippen LogP contribution in [0.5, 0.6) is 0 Å². The van der Waals surface area contributed by atoms with E-state index in [1.165, 1.54) is 11.8 Å². The van der Waals surface area contributed by atoms with E-state index in [2.05, 4.69) is 10.2 Å². The number of furan rings is 1. The van der Waals surface area contributed by atoms with Crippen molar-refractivity contribution in [3.8, 4) is 11.6 Å². The van der Waals surface area contributed by atoms with E-state index in [0.29, 0.717) is 16.7 Å². The van der Waals surface area contributed by atoms with Crippen molar-refractivity contribution in [1.82, 2.24) is 19.7 Å². The van der Waals surface area contributed by atoms with Gasteiger partial charge in [0.25, 0.3) is 0 Å². The summed E-state index contributed by atoms with van der Waals surface area (Å²) in [6, 6.07) is 13.3. The molecule has 0 aliphatic rings. The number of nitrogens with zero attached hydrogens (tertiary/aromatic N) is 4. The maximum absolute atomic E-state index is 12.6. The van der Waals surface area contributed by atoms with Gasteiger partial charge in [0.15, 0.2) is 16.7 Å². The second-order valence-corrected chi connectivity index (χ2v) is 6.56. The quantitative estimate of drug-likeness (QED) is 0.667. The first kappa shape index (κ1) is 16.3. The second-order valence-electron chi connectivity index (χ2n) is 5.48. The normalized spacial score (nSPS) is 12.1. The third kappa shape index (κ3) is 3.21.